The summed E-state index contributed by atoms with van der Waals surface area (Å²) < 4.78 is 6.05. The van der Waals surface area contributed by atoms with Crippen LogP contribution in [-0.2, 0) is 12.8 Å². The maximum atomic E-state index is 6.05. The van der Waals surface area contributed by atoms with Crippen LogP contribution in [0.4, 0.5) is 0 Å². The van der Waals surface area contributed by atoms with E-state index in [1.165, 1.54) is 89.2 Å². The van der Waals surface area contributed by atoms with E-state index in [2.05, 4.69) is 20.1 Å². The summed E-state index contributed by atoms with van der Waals surface area (Å²) in [7, 11) is 0. The maximum Gasteiger partial charge on any atom is 0.107 e. The molecule has 1 aliphatic carbocycles. The van der Waals surface area contributed by atoms with Crippen LogP contribution < -0.4 is 0 Å². The molecule has 0 N–H and O–H groups in total. The van der Waals surface area contributed by atoms with Crippen LogP contribution in [0, 0.1) is 0 Å². The van der Waals surface area contributed by atoms with Crippen molar-refractivity contribution in [3.63, 3.8) is 0 Å². The molecule has 2 rings (SSSR count). The van der Waals surface area contributed by atoms with Crippen molar-refractivity contribution in [2.75, 3.05) is 0 Å². The Balaban J connectivity index is 2.02. The minimum atomic E-state index is 0.797. The summed E-state index contributed by atoms with van der Waals surface area (Å²) >= 11 is 0. The molecule has 1 aromatic rings. The second kappa shape index (κ2) is 10.1. The Morgan fingerprint density at radius 1 is 0.864 bits per heavy atom. The molecule has 1 aromatic heterocycles. The lowest BCUT2D eigenvalue weighted by atomic mass is 9.81. The van der Waals surface area contributed by atoms with Crippen molar-refractivity contribution in [1.29, 1.82) is 0 Å². The summed E-state index contributed by atoms with van der Waals surface area (Å²) in [6, 6.07) is 0. The Labute approximate surface area is 137 Å². The molecule has 22 heavy (non-hydrogen) atoms. The van der Waals surface area contributed by atoms with Gasteiger partial charge in [-0.1, -0.05) is 65.2 Å². The van der Waals surface area contributed by atoms with Crippen molar-refractivity contribution in [3.8, 4) is 0 Å². The standard InChI is InChI=1S/C21H36O/c1-3-5-7-10-15-19-17-22-20(16-9-6-4-2)21(19)18-13-11-8-12-14-18/h17-18H,3-16H2,1-2H3. The van der Waals surface area contributed by atoms with Crippen LogP contribution in [0.3, 0.4) is 0 Å². The van der Waals surface area contributed by atoms with Gasteiger partial charge >= 0.3 is 0 Å². The molecule has 1 heterocycles. The van der Waals surface area contributed by atoms with Gasteiger partial charge in [0.25, 0.3) is 0 Å². The molecule has 1 fully saturated rings. The molecular weight excluding hydrogens is 268 g/mol. The first-order chi connectivity index (χ1) is 10.9. The largest absolute Gasteiger partial charge is 0.469 e. The van der Waals surface area contributed by atoms with E-state index in [-0.39, 0.29) is 0 Å². The predicted octanol–water partition coefficient (Wildman–Crippen LogP) is 7.18. The number of unbranched alkanes of at least 4 members (excludes halogenated alkanes) is 5. The van der Waals surface area contributed by atoms with Crippen molar-refractivity contribution in [2.24, 2.45) is 0 Å². The molecule has 0 amide bonds. The van der Waals surface area contributed by atoms with Gasteiger partial charge in [-0.25, -0.2) is 0 Å². The first-order valence-corrected chi connectivity index (χ1v) is 9.95. The summed E-state index contributed by atoms with van der Waals surface area (Å²) in [5.74, 6) is 2.14. The highest BCUT2D eigenvalue weighted by Crippen LogP contribution is 2.38. The zero-order valence-electron chi connectivity index (χ0n) is 15.0. The van der Waals surface area contributed by atoms with Gasteiger partial charge in [-0.3, -0.25) is 0 Å². The highest BCUT2D eigenvalue weighted by molar-refractivity contribution is 5.32. The van der Waals surface area contributed by atoms with Gasteiger partial charge in [0.1, 0.15) is 5.76 Å². The van der Waals surface area contributed by atoms with Gasteiger partial charge in [0.05, 0.1) is 6.26 Å². The quantitative estimate of drug-likeness (QED) is 0.417. The van der Waals surface area contributed by atoms with Crippen LogP contribution in [0.2, 0.25) is 0 Å². The van der Waals surface area contributed by atoms with Crippen LogP contribution in [0.25, 0.3) is 0 Å². The van der Waals surface area contributed by atoms with E-state index in [4.69, 9.17) is 4.42 Å². The second-order valence-corrected chi connectivity index (χ2v) is 7.20. The molecule has 0 saturated heterocycles. The average molecular weight is 305 g/mol. The second-order valence-electron chi connectivity index (χ2n) is 7.20. The van der Waals surface area contributed by atoms with E-state index < -0.39 is 0 Å². The summed E-state index contributed by atoms with van der Waals surface area (Å²) in [5, 5.41) is 0. The van der Waals surface area contributed by atoms with Gasteiger partial charge in [0.2, 0.25) is 0 Å². The minimum absolute atomic E-state index is 0.797. The molecule has 126 valence electrons. The molecule has 1 heteroatoms. The highest BCUT2D eigenvalue weighted by Gasteiger charge is 2.23. The van der Waals surface area contributed by atoms with Crippen LogP contribution in [0.15, 0.2) is 10.7 Å². The SMILES string of the molecule is CCCCCCc1coc(CCCCC)c1C1CCCCC1. The monoisotopic (exact) mass is 304 g/mol. The summed E-state index contributed by atoms with van der Waals surface area (Å²) in [5.41, 5.74) is 3.20. The van der Waals surface area contributed by atoms with Gasteiger partial charge in [0.15, 0.2) is 0 Å². The Kier molecular flexibility index (Phi) is 8.12. The normalized spacial score (nSPS) is 16.3. The Morgan fingerprint density at radius 3 is 2.27 bits per heavy atom. The van der Waals surface area contributed by atoms with Gasteiger partial charge in [0, 0.05) is 6.42 Å². The molecule has 0 aliphatic heterocycles. The zero-order chi connectivity index (χ0) is 15.6. The van der Waals surface area contributed by atoms with Crippen LogP contribution >= 0.6 is 0 Å². The maximum absolute atomic E-state index is 6.05. The minimum Gasteiger partial charge on any atom is -0.469 e. The van der Waals surface area contributed by atoms with Crippen LogP contribution in [0.5, 0.6) is 0 Å². The van der Waals surface area contributed by atoms with Crippen molar-refractivity contribution in [2.45, 2.75) is 110 Å². The third kappa shape index (κ3) is 5.18. The fourth-order valence-corrected chi connectivity index (χ4v) is 3.99. The van der Waals surface area contributed by atoms with Crippen LogP contribution in [0.1, 0.15) is 114 Å². The molecule has 0 bridgehead atoms. The summed E-state index contributed by atoms with van der Waals surface area (Å²) in [6.07, 6.45) is 20.9. The highest BCUT2D eigenvalue weighted by atomic mass is 16.3. The molecular formula is C21H36O. The molecule has 0 spiro atoms. The first kappa shape index (κ1) is 17.6. The average Bonchev–Trinajstić information content (AvgIpc) is 2.95. The smallest absolute Gasteiger partial charge is 0.107 e. The molecule has 0 radical (unpaired) electrons. The van der Waals surface area contributed by atoms with E-state index in [9.17, 15) is 0 Å². The van der Waals surface area contributed by atoms with E-state index in [1.807, 2.05) is 0 Å². The van der Waals surface area contributed by atoms with Gasteiger partial charge in [-0.15, -0.1) is 0 Å². The number of hydrogen-bond acceptors (Lipinski definition) is 1. The van der Waals surface area contributed by atoms with Gasteiger partial charge < -0.3 is 4.42 Å². The van der Waals surface area contributed by atoms with E-state index in [0.29, 0.717) is 0 Å². The van der Waals surface area contributed by atoms with Crippen LogP contribution in [-0.4, -0.2) is 0 Å². The lowest BCUT2D eigenvalue weighted by Gasteiger charge is -2.23. The number of aryl methyl sites for hydroxylation is 2. The van der Waals surface area contributed by atoms with Crippen molar-refractivity contribution in [3.05, 3.63) is 23.2 Å². The van der Waals surface area contributed by atoms with Crippen molar-refractivity contribution >= 4 is 0 Å². The van der Waals surface area contributed by atoms with Crippen molar-refractivity contribution < 1.29 is 4.42 Å². The number of hydrogen-bond donors (Lipinski definition) is 0. The van der Waals surface area contributed by atoms with E-state index in [0.717, 1.165) is 12.3 Å². The Hall–Kier alpha value is -0.720. The summed E-state index contributed by atoms with van der Waals surface area (Å²) in [6.45, 7) is 4.57. The number of rotatable bonds is 10. The molecule has 0 aromatic carbocycles. The van der Waals surface area contributed by atoms with E-state index >= 15 is 0 Å². The van der Waals surface area contributed by atoms with E-state index in [1.54, 1.807) is 11.1 Å². The fourth-order valence-electron chi connectivity index (χ4n) is 3.99. The molecule has 1 aliphatic rings. The zero-order valence-corrected chi connectivity index (χ0v) is 15.0. The molecule has 0 unspecified atom stereocenters. The lowest BCUT2D eigenvalue weighted by molar-refractivity contribution is 0.426. The topological polar surface area (TPSA) is 13.1 Å². The van der Waals surface area contributed by atoms with Gasteiger partial charge in [-0.2, -0.15) is 0 Å². The van der Waals surface area contributed by atoms with Crippen molar-refractivity contribution in [1.82, 2.24) is 0 Å². The summed E-state index contributed by atoms with van der Waals surface area (Å²) in [4.78, 5) is 0. The third-order valence-electron chi connectivity index (χ3n) is 5.31. The number of furan rings is 1. The fraction of sp³-hybridized carbons (Fsp3) is 0.810. The molecule has 1 nitrogen and oxygen atoms in total. The Bertz CT molecular complexity index is 398. The Morgan fingerprint density at radius 2 is 1.55 bits per heavy atom. The first-order valence-electron chi connectivity index (χ1n) is 9.95. The lowest BCUT2D eigenvalue weighted by Crippen LogP contribution is -2.08. The molecule has 0 atom stereocenters. The third-order valence-corrected chi connectivity index (χ3v) is 5.31. The predicted molar refractivity (Wildman–Crippen MR) is 95.6 cm³/mol. The van der Waals surface area contributed by atoms with Gasteiger partial charge in [-0.05, 0) is 49.1 Å². The molecule has 1 saturated carbocycles.